The van der Waals surface area contributed by atoms with Gasteiger partial charge in [-0.25, -0.2) is 9.37 Å². The van der Waals surface area contributed by atoms with Gasteiger partial charge in [-0.05, 0) is 54.4 Å². The quantitative estimate of drug-likeness (QED) is 0.682. The minimum atomic E-state index is -0.454. The summed E-state index contributed by atoms with van der Waals surface area (Å²) in [6, 6.07) is 6.54. The van der Waals surface area contributed by atoms with Gasteiger partial charge in [-0.15, -0.1) is 4.91 Å². The fourth-order valence-electron chi connectivity index (χ4n) is 2.68. The largest absolute Gasteiger partial charge is 0.497 e. The highest BCUT2D eigenvalue weighted by molar-refractivity contribution is 5.79. The molecule has 0 N–H and O–H groups in total. The van der Waals surface area contributed by atoms with Crippen molar-refractivity contribution in [1.29, 1.82) is 0 Å². The minimum absolute atomic E-state index is 0.0888. The molecule has 0 spiro atoms. The second-order valence-corrected chi connectivity index (χ2v) is 5.09. The molecule has 2 heterocycles. The lowest BCUT2D eigenvalue weighted by Crippen LogP contribution is -1.92. The highest BCUT2D eigenvalue weighted by Gasteiger charge is 2.19. The van der Waals surface area contributed by atoms with Crippen LogP contribution in [0.15, 0.2) is 35.6 Å². The van der Waals surface area contributed by atoms with Gasteiger partial charge in [0.05, 0.1) is 7.11 Å². The minimum Gasteiger partial charge on any atom is -0.497 e. The number of ether oxygens (including phenoxy) is 1. The van der Waals surface area contributed by atoms with Crippen LogP contribution in [0.5, 0.6) is 5.75 Å². The normalized spacial score (nSPS) is 10.9. The van der Waals surface area contributed by atoms with Crippen LogP contribution in [-0.4, -0.2) is 16.5 Å². The summed E-state index contributed by atoms with van der Waals surface area (Å²) in [6.07, 6.45) is 1.21. The van der Waals surface area contributed by atoms with E-state index in [1.54, 1.807) is 7.11 Å². The zero-order chi connectivity index (χ0) is 15.9. The van der Waals surface area contributed by atoms with E-state index in [9.17, 15) is 9.30 Å². The van der Waals surface area contributed by atoms with Gasteiger partial charge in [0.1, 0.15) is 22.9 Å². The number of hydrogen-bond acceptors (Lipinski definition) is 4. The summed E-state index contributed by atoms with van der Waals surface area (Å²) in [5.41, 5.74) is 3.54. The number of nitroso groups, excluding NO2 is 1. The molecule has 6 heteroatoms. The van der Waals surface area contributed by atoms with Crippen LogP contribution < -0.4 is 4.74 Å². The molecular formula is C16H14FN3O2. The number of fused-ring (bicyclic) bond motifs is 1. The van der Waals surface area contributed by atoms with Gasteiger partial charge in [0.25, 0.3) is 0 Å². The van der Waals surface area contributed by atoms with Gasteiger partial charge in [-0.1, -0.05) is 0 Å². The van der Waals surface area contributed by atoms with Crippen LogP contribution in [0.3, 0.4) is 0 Å². The number of rotatable bonds is 3. The summed E-state index contributed by atoms with van der Waals surface area (Å²) in [4.78, 5) is 15.7. The molecule has 3 rings (SSSR count). The number of benzene rings is 1. The molecule has 0 unspecified atom stereocenters. The Morgan fingerprint density at radius 2 is 1.91 bits per heavy atom. The van der Waals surface area contributed by atoms with E-state index in [-0.39, 0.29) is 5.82 Å². The first-order valence-corrected chi connectivity index (χ1v) is 6.71. The third-order valence-corrected chi connectivity index (χ3v) is 3.62. The van der Waals surface area contributed by atoms with Crippen molar-refractivity contribution in [3.63, 3.8) is 0 Å². The summed E-state index contributed by atoms with van der Waals surface area (Å²) in [5, 5.41) is 3.05. The Morgan fingerprint density at radius 1 is 1.23 bits per heavy atom. The number of hydrogen-bond donors (Lipinski definition) is 0. The number of aromatic nitrogens is 2. The lowest BCUT2D eigenvalue weighted by Gasteiger charge is -2.10. The molecular weight excluding hydrogens is 285 g/mol. The van der Waals surface area contributed by atoms with Gasteiger partial charge in [0, 0.05) is 11.8 Å². The molecule has 0 atom stereocenters. The average Bonchev–Trinajstić information content (AvgIpc) is 2.83. The van der Waals surface area contributed by atoms with Gasteiger partial charge in [-0.2, -0.15) is 0 Å². The standard InChI is InChI=1S/C16H14FN3O2/c1-9-6-12(22-3)7-10(2)14(9)15-16(19-21)20-8-11(17)4-5-13(20)18-15/h4-8H,1-3H3. The summed E-state index contributed by atoms with van der Waals surface area (Å²) < 4.78 is 20.0. The second kappa shape index (κ2) is 5.22. The Bertz CT molecular complexity index is 863. The highest BCUT2D eigenvalue weighted by atomic mass is 19.1. The highest BCUT2D eigenvalue weighted by Crippen LogP contribution is 2.36. The number of methoxy groups -OCH3 is 1. The molecule has 5 nitrogen and oxygen atoms in total. The van der Waals surface area contributed by atoms with Crippen LogP contribution in [0, 0.1) is 24.6 Å². The number of halogens is 1. The topological polar surface area (TPSA) is 56.0 Å². The molecule has 3 aromatic rings. The third kappa shape index (κ3) is 2.13. The monoisotopic (exact) mass is 299 g/mol. The van der Waals surface area contributed by atoms with Crippen molar-refractivity contribution in [2.24, 2.45) is 5.18 Å². The van der Waals surface area contributed by atoms with Crippen molar-refractivity contribution >= 4 is 11.5 Å². The van der Waals surface area contributed by atoms with E-state index in [1.807, 2.05) is 26.0 Å². The average molecular weight is 299 g/mol. The van der Waals surface area contributed by atoms with Gasteiger partial charge in [-0.3, -0.25) is 4.40 Å². The third-order valence-electron chi connectivity index (χ3n) is 3.62. The Morgan fingerprint density at radius 3 is 2.50 bits per heavy atom. The van der Waals surface area contributed by atoms with E-state index >= 15 is 0 Å². The summed E-state index contributed by atoms with van der Waals surface area (Å²) in [5.74, 6) is 0.365. The zero-order valence-electron chi connectivity index (χ0n) is 12.4. The van der Waals surface area contributed by atoms with E-state index in [0.29, 0.717) is 11.3 Å². The van der Waals surface area contributed by atoms with Crippen molar-refractivity contribution in [2.45, 2.75) is 13.8 Å². The second-order valence-electron chi connectivity index (χ2n) is 5.09. The van der Waals surface area contributed by atoms with Crippen molar-refractivity contribution in [1.82, 2.24) is 9.38 Å². The van der Waals surface area contributed by atoms with E-state index in [4.69, 9.17) is 4.74 Å². The van der Waals surface area contributed by atoms with Crippen LogP contribution >= 0.6 is 0 Å². The molecule has 0 bridgehead atoms. The molecule has 0 amide bonds. The van der Waals surface area contributed by atoms with Gasteiger partial charge in [0.2, 0.25) is 5.82 Å². The lowest BCUT2D eigenvalue weighted by molar-refractivity contribution is 0.414. The molecule has 1 aromatic carbocycles. The molecule has 0 aliphatic rings. The van der Waals surface area contributed by atoms with Gasteiger partial charge >= 0.3 is 0 Å². The van der Waals surface area contributed by atoms with Crippen molar-refractivity contribution in [2.75, 3.05) is 7.11 Å². The predicted octanol–water partition coefficient (Wildman–Crippen LogP) is 4.16. The van der Waals surface area contributed by atoms with E-state index in [1.165, 1.54) is 22.7 Å². The van der Waals surface area contributed by atoms with E-state index < -0.39 is 5.82 Å². The Labute approximate surface area is 126 Å². The maximum atomic E-state index is 13.4. The molecule has 0 aliphatic heterocycles. The van der Waals surface area contributed by atoms with Crippen LogP contribution in [0.25, 0.3) is 16.9 Å². The number of pyridine rings is 1. The SMILES string of the molecule is COc1cc(C)c(-c2nc3ccc(F)cn3c2N=O)c(C)c1. The molecule has 112 valence electrons. The number of aryl methyl sites for hydroxylation is 2. The van der Waals surface area contributed by atoms with Gasteiger partial charge < -0.3 is 4.74 Å². The van der Waals surface area contributed by atoms with Gasteiger partial charge in [0.15, 0.2) is 0 Å². The predicted molar refractivity (Wildman–Crippen MR) is 82.1 cm³/mol. The summed E-state index contributed by atoms with van der Waals surface area (Å²) in [6.45, 7) is 3.81. The smallest absolute Gasteiger partial charge is 0.209 e. The maximum absolute atomic E-state index is 13.4. The van der Waals surface area contributed by atoms with Crippen LogP contribution in [-0.2, 0) is 0 Å². The summed E-state index contributed by atoms with van der Waals surface area (Å²) >= 11 is 0. The van der Waals surface area contributed by atoms with Crippen molar-refractivity contribution < 1.29 is 9.13 Å². The molecule has 2 aromatic heterocycles. The molecule has 0 saturated heterocycles. The van der Waals surface area contributed by atoms with Crippen molar-refractivity contribution in [3.8, 4) is 17.0 Å². The lowest BCUT2D eigenvalue weighted by atomic mass is 9.99. The fourth-order valence-corrected chi connectivity index (χ4v) is 2.68. The van der Waals surface area contributed by atoms with Crippen LogP contribution in [0.2, 0.25) is 0 Å². The molecule has 22 heavy (non-hydrogen) atoms. The first-order valence-electron chi connectivity index (χ1n) is 6.71. The number of nitrogens with zero attached hydrogens (tertiary/aromatic N) is 3. The number of imidazole rings is 1. The van der Waals surface area contributed by atoms with E-state index in [0.717, 1.165) is 22.4 Å². The first-order chi connectivity index (χ1) is 10.5. The Hall–Kier alpha value is -2.76. The zero-order valence-corrected chi connectivity index (χ0v) is 12.4. The Kier molecular flexibility index (Phi) is 3.36. The maximum Gasteiger partial charge on any atom is 0.209 e. The summed E-state index contributed by atoms with van der Waals surface area (Å²) in [7, 11) is 1.60. The van der Waals surface area contributed by atoms with E-state index in [2.05, 4.69) is 10.2 Å². The Balaban J connectivity index is 2.33. The molecule has 0 fully saturated rings. The fraction of sp³-hybridized carbons (Fsp3) is 0.188. The van der Waals surface area contributed by atoms with Crippen LogP contribution in [0.4, 0.5) is 10.2 Å². The van der Waals surface area contributed by atoms with Crippen molar-refractivity contribution in [3.05, 3.63) is 52.3 Å². The molecule has 0 aliphatic carbocycles. The van der Waals surface area contributed by atoms with Crippen LogP contribution in [0.1, 0.15) is 11.1 Å². The molecule has 0 radical (unpaired) electrons. The molecule has 0 saturated carbocycles. The first kappa shape index (κ1) is 14.2.